The number of benzene rings is 1. The molecule has 1 atom stereocenters. The Hall–Kier alpha value is -0.780. The number of amidine groups is 1. The predicted molar refractivity (Wildman–Crippen MR) is 78.2 cm³/mol. The Morgan fingerprint density at radius 2 is 2.42 bits per heavy atom. The van der Waals surface area contributed by atoms with Crippen LogP contribution in [0, 0.1) is 5.82 Å². The van der Waals surface area contributed by atoms with Gasteiger partial charge in [0.2, 0.25) is 0 Å². The second kappa shape index (κ2) is 7.12. The van der Waals surface area contributed by atoms with E-state index in [1.807, 2.05) is 0 Å². The number of rotatable bonds is 4. The summed E-state index contributed by atoms with van der Waals surface area (Å²) in [4.78, 5) is 4.25. The third kappa shape index (κ3) is 4.37. The second-order valence-electron chi connectivity index (χ2n) is 4.30. The maximum Gasteiger partial charge on any atom is 0.154 e. The highest BCUT2D eigenvalue weighted by Crippen LogP contribution is 2.24. The van der Waals surface area contributed by atoms with Crippen LogP contribution in [0.15, 0.2) is 23.2 Å². The fourth-order valence-electron chi connectivity index (χ4n) is 1.84. The van der Waals surface area contributed by atoms with Gasteiger partial charge in [0.25, 0.3) is 0 Å². The van der Waals surface area contributed by atoms with Gasteiger partial charge in [-0.2, -0.15) is 0 Å². The smallest absolute Gasteiger partial charge is 0.154 e. The molecule has 1 saturated heterocycles. The zero-order chi connectivity index (χ0) is 13.7. The van der Waals surface area contributed by atoms with Crippen LogP contribution in [0.5, 0.6) is 0 Å². The number of aliphatic imine (C=N–C) groups is 1. The SMILES string of the molecule is NC(=NC[C@@H]1CCCO1)SCc1c(F)cccc1Cl. The van der Waals surface area contributed by atoms with Gasteiger partial charge in [0.05, 0.1) is 12.6 Å². The fraction of sp³-hybridized carbons (Fsp3) is 0.462. The quantitative estimate of drug-likeness (QED) is 0.686. The Kier molecular flexibility index (Phi) is 5.48. The van der Waals surface area contributed by atoms with Crippen LogP contribution in [-0.2, 0) is 10.5 Å². The molecule has 1 aliphatic heterocycles. The minimum absolute atomic E-state index is 0.177. The molecule has 6 heteroatoms. The molecule has 1 aliphatic rings. The van der Waals surface area contributed by atoms with Crippen molar-refractivity contribution < 1.29 is 9.13 Å². The van der Waals surface area contributed by atoms with Gasteiger partial charge < -0.3 is 10.5 Å². The zero-order valence-corrected chi connectivity index (χ0v) is 12.0. The topological polar surface area (TPSA) is 47.6 Å². The molecule has 2 N–H and O–H groups in total. The standard InChI is InChI=1S/C13H16ClFN2OS/c14-11-4-1-5-12(15)10(11)8-19-13(16)17-7-9-3-2-6-18-9/h1,4-5,9H,2-3,6-8H2,(H2,16,17)/t9-/m0/s1. The average Bonchev–Trinajstić information content (AvgIpc) is 2.89. The van der Waals surface area contributed by atoms with Crippen LogP contribution >= 0.6 is 23.4 Å². The molecule has 0 aliphatic carbocycles. The molecule has 1 aromatic rings. The first-order valence-electron chi connectivity index (χ1n) is 6.14. The lowest BCUT2D eigenvalue weighted by atomic mass is 10.2. The molecule has 0 amide bonds. The Bertz CT molecular complexity index is 444. The van der Waals surface area contributed by atoms with Crippen molar-refractivity contribution in [1.29, 1.82) is 0 Å². The van der Waals surface area contributed by atoms with Gasteiger partial charge >= 0.3 is 0 Å². The molecule has 2 rings (SSSR count). The Labute approximate surface area is 121 Å². The molecule has 0 radical (unpaired) electrons. The monoisotopic (exact) mass is 302 g/mol. The van der Waals surface area contributed by atoms with Gasteiger partial charge in [0.1, 0.15) is 5.82 Å². The lowest BCUT2D eigenvalue weighted by Gasteiger charge is -2.07. The maximum atomic E-state index is 13.5. The summed E-state index contributed by atoms with van der Waals surface area (Å²) in [5.41, 5.74) is 6.25. The van der Waals surface area contributed by atoms with Gasteiger partial charge in [-0.25, -0.2) is 4.39 Å². The van der Waals surface area contributed by atoms with Gasteiger partial charge in [-0.3, -0.25) is 4.99 Å². The molecule has 1 heterocycles. The molecule has 19 heavy (non-hydrogen) atoms. The number of hydrogen-bond donors (Lipinski definition) is 1. The van der Waals surface area contributed by atoms with Crippen LogP contribution in [0.2, 0.25) is 5.02 Å². The van der Waals surface area contributed by atoms with Crippen LogP contribution in [0.4, 0.5) is 4.39 Å². The van der Waals surface area contributed by atoms with Crippen LogP contribution in [0.25, 0.3) is 0 Å². The molecule has 0 saturated carbocycles. The first-order valence-corrected chi connectivity index (χ1v) is 7.50. The van der Waals surface area contributed by atoms with E-state index in [-0.39, 0.29) is 11.9 Å². The van der Waals surface area contributed by atoms with E-state index >= 15 is 0 Å². The zero-order valence-electron chi connectivity index (χ0n) is 10.4. The summed E-state index contributed by atoms with van der Waals surface area (Å²) < 4.78 is 19.0. The van der Waals surface area contributed by atoms with Crippen molar-refractivity contribution in [1.82, 2.24) is 0 Å². The van der Waals surface area contributed by atoms with Crippen LogP contribution in [0.1, 0.15) is 18.4 Å². The fourth-order valence-corrected chi connectivity index (χ4v) is 2.90. The van der Waals surface area contributed by atoms with E-state index in [0.29, 0.717) is 28.1 Å². The van der Waals surface area contributed by atoms with Gasteiger partial charge in [0, 0.05) is 22.9 Å². The number of nitrogens with two attached hydrogens (primary N) is 1. The predicted octanol–water partition coefficient (Wildman–Crippen LogP) is 3.21. The van der Waals surface area contributed by atoms with E-state index in [4.69, 9.17) is 22.1 Å². The van der Waals surface area contributed by atoms with Crippen molar-refractivity contribution in [3.63, 3.8) is 0 Å². The summed E-state index contributed by atoms with van der Waals surface area (Å²) in [5.74, 6) is 0.0683. The van der Waals surface area contributed by atoms with Gasteiger partial charge in [-0.05, 0) is 25.0 Å². The van der Waals surface area contributed by atoms with Crippen LogP contribution < -0.4 is 5.73 Å². The van der Waals surface area contributed by atoms with E-state index in [2.05, 4.69) is 4.99 Å². The summed E-state index contributed by atoms with van der Waals surface area (Å²) in [6.07, 6.45) is 2.29. The third-order valence-electron chi connectivity index (χ3n) is 2.90. The highest BCUT2D eigenvalue weighted by Gasteiger charge is 2.14. The molecule has 0 bridgehead atoms. The van der Waals surface area contributed by atoms with Gasteiger partial charge in [0.15, 0.2) is 5.17 Å². The molecule has 0 unspecified atom stereocenters. The van der Waals surface area contributed by atoms with Crippen LogP contribution in [-0.4, -0.2) is 24.4 Å². The minimum atomic E-state index is -0.313. The van der Waals surface area contributed by atoms with Crippen molar-refractivity contribution in [2.45, 2.75) is 24.7 Å². The van der Waals surface area contributed by atoms with E-state index in [1.165, 1.54) is 17.8 Å². The molecule has 1 fully saturated rings. The summed E-state index contributed by atoms with van der Waals surface area (Å²) in [6, 6.07) is 4.64. The summed E-state index contributed by atoms with van der Waals surface area (Å²) in [5, 5.41) is 0.856. The summed E-state index contributed by atoms with van der Waals surface area (Å²) in [6.45, 7) is 1.38. The number of nitrogens with zero attached hydrogens (tertiary/aromatic N) is 1. The first-order chi connectivity index (χ1) is 9.16. The average molecular weight is 303 g/mol. The van der Waals surface area contributed by atoms with E-state index < -0.39 is 0 Å². The molecule has 1 aromatic carbocycles. The van der Waals surface area contributed by atoms with Crippen molar-refractivity contribution >= 4 is 28.5 Å². The number of ether oxygens (including phenoxy) is 1. The normalized spacial score (nSPS) is 19.9. The molecule has 104 valence electrons. The molecule has 3 nitrogen and oxygen atoms in total. The number of hydrogen-bond acceptors (Lipinski definition) is 3. The van der Waals surface area contributed by atoms with E-state index in [0.717, 1.165) is 19.4 Å². The Balaban J connectivity index is 1.85. The summed E-state index contributed by atoms with van der Waals surface area (Å²) in [7, 11) is 0. The highest BCUT2D eigenvalue weighted by molar-refractivity contribution is 8.13. The Morgan fingerprint density at radius 3 is 3.11 bits per heavy atom. The summed E-state index contributed by atoms with van der Waals surface area (Å²) >= 11 is 7.23. The number of thioether (sulfide) groups is 1. The van der Waals surface area contributed by atoms with Gasteiger partial charge in [-0.1, -0.05) is 29.4 Å². The molecule has 0 spiro atoms. The molecule has 0 aromatic heterocycles. The van der Waals surface area contributed by atoms with E-state index in [1.54, 1.807) is 12.1 Å². The van der Waals surface area contributed by atoms with Crippen molar-refractivity contribution in [3.05, 3.63) is 34.6 Å². The first kappa shape index (κ1) is 14.6. The van der Waals surface area contributed by atoms with Crippen molar-refractivity contribution in [2.24, 2.45) is 10.7 Å². The minimum Gasteiger partial charge on any atom is -0.379 e. The highest BCUT2D eigenvalue weighted by atomic mass is 35.5. The molecular weight excluding hydrogens is 287 g/mol. The largest absolute Gasteiger partial charge is 0.379 e. The second-order valence-corrected chi connectivity index (χ2v) is 5.71. The third-order valence-corrected chi connectivity index (χ3v) is 4.11. The van der Waals surface area contributed by atoms with E-state index in [9.17, 15) is 4.39 Å². The van der Waals surface area contributed by atoms with Crippen LogP contribution in [0.3, 0.4) is 0 Å². The lowest BCUT2D eigenvalue weighted by Crippen LogP contribution is -2.14. The molecular formula is C13H16ClFN2OS. The lowest BCUT2D eigenvalue weighted by molar-refractivity contribution is 0.118. The Morgan fingerprint density at radius 1 is 1.58 bits per heavy atom. The van der Waals surface area contributed by atoms with Crippen molar-refractivity contribution in [3.8, 4) is 0 Å². The number of halogens is 2. The maximum absolute atomic E-state index is 13.5. The van der Waals surface area contributed by atoms with Gasteiger partial charge in [-0.15, -0.1) is 0 Å². The van der Waals surface area contributed by atoms with Crippen molar-refractivity contribution in [2.75, 3.05) is 13.2 Å².